The van der Waals surface area contributed by atoms with Gasteiger partial charge in [0.05, 0.1) is 6.04 Å². The van der Waals surface area contributed by atoms with E-state index in [9.17, 15) is 24.3 Å². The molecule has 0 radical (unpaired) electrons. The number of hydrogen-bond donors (Lipinski definition) is 8. The highest BCUT2D eigenvalue weighted by molar-refractivity contribution is 5.94. The molecule has 1 fully saturated rings. The van der Waals surface area contributed by atoms with E-state index in [4.69, 9.17) is 28.7 Å². The first-order valence-electron chi connectivity index (χ1n) is 12.8. The van der Waals surface area contributed by atoms with Crippen molar-refractivity contribution in [2.45, 2.75) is 83.0 Å². The van der Waals surface area contributed by atoms with Crippen LogP contribution in [0.15, 0.2) is 9.98 Å². The molecule has 38 heavy (non-hydrogen) atoms. The quantitative estimate of drug-likeness (QED) is 0.0579. The third kappa shape index (κ3) is 11.6. The zero-order chi connectivity index (χ0) is 28.8. The first kappa shape index (κ1) is 32.4. The first-order chi connectivity index (χ1) is 17.8. The maximum Gasteiger partial charge on any atom is 0.326 e. The molecule has 1 heterocycles. The zero-order valence-electron chi connectivity index (χ0n) is 22.3. The zero-order valence-corrected chi connectivity index (χ0v) is 22.3. The summed E-state index contributed by atoms with van der Waals surface area (Å²) >= 11 is 0. The molecule has 4 unspecified atom stereocenters. The summed E-state index contributed by atoms with van der Waals surface area (Å²) in [5.41, 5.74) is 27.3. The number of aliphatic carboxylic acids is 1. The number of carbonyl (C=O) groups is 4. The van der Waals surface area contributed by atoms with Crippen LogP contribution in [0.5, 0.6) is 0 Å². The number of nitrogens with one attached hydrogen (secondary N) is 2. The number of nitrogens with two attached hydrogens (primary N) is 5. The number of rotatable bonds is 16. The molecule has 0 saturated carbocycles. The van der Waals surface area contributed by atoms with Crippen molar-refractivity contribution in [3.63, 3.8) is 0 Å². The summed E-state index contributed by atoms with van der Waals surface area (Å²) in [6, 6.07) is -3.78. The molecular weight excluding hydrogens is 496 g/mol. The van der Waals surface area contributed by atoms with E-state index in [2.05, 4.69) is 20.6 Å². The van der Waals surface area contributed by atoms with Crippen molar-refractivity contribution in [2.24, 2.45) is 44.6 Å². The van der Waals surface area contributed by atoms with Crippen LogP contribution < -0.4 is 39.3 Å². The SMILES string of the molecule is CC(C)CC(NC(=O)C1CCCN1C(=O)C(CCCN=C(N)N)NC(=O)C(N)CCCN=C(N)N)C(=O)O. The fraction of sp³-hybridized carbons (Fsp3) is 0.739. The number of likely N-dealkylation sites (tertiary alicyclic amines) is 1. The minimum Gasteiger partial charge on any atom is -0.480 e. The van der Waals surface area contributed by atoms with Crippen LogP contribution in [-0.2, 0) is 19.2 Å². The average molecular weight is 541 g/mol. The van der Waals surface area contributed by atoms with Gasteiger partial charge >= 0.3 is 5.97 Å². The number of aliphatic imine (C=N–C) groups is 2. The summed E-state index contributed by atoms with van der Waals surface area (Å²) in [6.45, 7) is 4.56. The van der Waals surface area contributed by atoms with E-state index in [0.717, 1.165) is 0 Å². The normalized spacial score (nSPS) is 17.3. The predicted octanol–water partition coefficient (Wildman–Crippen LogP) is -2.49. The lowest BCUT2D eigenvalue weighted by Crippen LogP contribution is -2.56. The van der Waals surface area contributed by atoms with Gasteiger partial charge in [0.25, 0.3) is 0 Å². The third-order valence-electron chi connectivity index (χ3n) is 6.02. The number of guanidine groups is 2. The molecule has 4 atom stereocenters. The van der Waals surface area contributed by atoms with Gasteiger partial charge in [0.1, 0.15) is 18.1 Å². The fourth-order valence-electron chi connectivity index (χ4n) is 4.15. The van der Waals surface area contributed by atoms with Crippen molar-refractivity contribution in [1.29, 1.82) is 0 Å². The number of amides is 3. The fourth-order valence-corrected chi connectivity index (χ4v) is 4.15. The summed E-state index contributed by atoms with van der Waals surface area (Å²) in [6.07, 6.45) is 2.54. The number of carbonyl (C=O) groups excluding carboxylic acids is 3. The van der Waals surface area contributed by atoms with Crippen molar-refractivity contribution < 1.29 is 24.3 Å². The average Bonchev–Trinajstić information content (AvgIpc) is 3.32. The second-order valence-electron chi connectivity index (χ2n) is 9.78. The van der Waals surface area contributed by atoms with Gasteiger partial charge in [-0.1, -0.05) is 13.8 Å². The van der Waals surface area contributed by atoms with E-state index in [1.54, 1.807) is 0 Å². The van der Waals surface area contributed by atoms with E-state index >= 15 is 0 Å². The van der Waals surface area contributed by atoms with Crippen LogP contribution in [0.1, 0.15) is 58.8 Å². The van der Waals surface area contributed by atoms with Crippen molar-refractivity contribution in [3.8, 4) is 0 Å². The topological polar surface area (TPSA) is 271 Å². The molecule has 1 aliphatic rings. The predicted molar refractivity (Wildman–Crippen MR) is 143 cm³/mol. The van der Waals surface area contributed by atoms with E-state index in [0.29, 0.717) is 45.2 Å². The summed E-state index contributed by atoms with van der Waals surface area (Å²) in [5.74, 6) is -2.76. The Labute approximate surface area is 223 Å². The largest absolute Gasteiger partial charge is 0.480 e. The van der Waals surface area contributed by atoms with Gasteiger partial charge in [0.15, 0.2) is 11.9 Å². The van der Waals surface area contributed by atoms with Gasteiger partial charge in [-0.05, 0) is 50.9 Å². The van der Waals surface area contributed by atoms with Gasteiger partial charge in [-0.25, -0.2) is 4.79 Å². The number of carboxylic acid groups (broad SMARTS) is 1. The van der Waals surface area contributed by atoms with Crippen LogP contribution in [0.2, 0.25) is 0 Å². The lowest BCUT2D eigenvalue weighted by Gasteiger charge is -2.30. The standard InChI is InChI=1S/C23H44N10O5/c1-13(2)12-16(21(37)38)32-19(35)17-8-5-11-33(17)20(36)15(7-4-10-30-23(27)28)31-18(34)14(24)6-3-9-29-22(25)26/h13-17H,3-12,24H2,1-2H3,(H,31,34)(H,32,35)(H,37,38)(H4,25,26,29)(H4,27,28,30). The molecule has 0 aliphatic carbocycles. The van der Waals surface area contributed by atoms with Gasteiger partial charge in [0.2, 0.25) is 17.7 Å². The van der Waals surface area contributed by atoms with Crippen molar-refractivity contribution in [2.75, 3.05) is 19.6 Å². The highest BCUT2D eigenvalue weighted by atomic mass is 16.4. The van der Waals surface area contributed by atoms with Crippen LogP contribution in [-0.4, -0.2) is 89.4 Å². The van der Waals surface area contributed by atoms with Crippen molar-refractivity contribution >= 4 is 35.6 Å². The van der Waals surface area contributed by atoms with E-state index < -0.39 is 47.9 Å². The second kappa shape index (κ2) is 16.3. The van der Waals surface area contributed by atoms with Crippen LogP contribution in [0.4, 0.5) is 0 Å². The Kier molecular flexibility index (Phi) is 13.9. The number of nitrogens with zero attached hydrogens (tertiary/aromatic N) is 3. The third-order valence-corrected chi connectivity index (χ3v) is 6.02. The summed E-state index contributed by atoms with van der Waals surface area (Å²) in [4.78, 5) is 60.0. The molecule has 0 aromatic carbocycles. The molecule has 0 spiro atoms. The lowest BCUT2D eigenvalue weighted by atomic mass is 10.0. The molecule has 13 N–H and O–H groups in total. The molecule has 3 amide bonds. The molecule has 1 rings (SSSR count). The smallest absolute Gasteiger partial charge is 0.326 e. The maximum atomic E-state index is 13.5. The summed E-state index contributed by atoms with van der Waals surface area (Å²) < 4.78 is 0. The minimum atomic E-state index is -1.14. The molecule has 0 aromatic rings. The van der Waals surface area contributed by atoms with E-state index in [1.165, 1.54) is 4.90 Å². The van der Waals surface area contributed by atoms with E-state index in [1.807, 2.05) is 13.8 Å². The molecule has 15 heteroatoms. The Balaban J connectivity index is 2.95. The van der Waals surface area contributed by atoms with E-state index in [-0.39, 0.29) is 37.2 Å². The van der Waals surface area contributed by atoms with Gasteiger partial charge in [-0.15, -0.1) is 0 Å². The van der Waals surface area contributed by atoms with Crippen LogP contribution in [0.25, 0.3) is 0 Å². The van der Waals surface area contributed by atoms with Crippen LogP contribution in [0.3, 0.4) is 0 Å². The Morgan fingerprint density at radius 2 is 1.53 bits per heavy atom. The Hall–Kier alpha value is -3.62. The highest BCUT2D eigenvalue weighted by Gasteiger charge is 2.39. The Morgan fingerprint density at radius 1 is 0.947 bits per heavy atom. The lowest BCUT2D eigenvalue weighted by molar-refractivity contribution is -0.145. The second-order valence-corrected chi connectivity index (χ2v) is 9.78. The van der Waals surface area contributed by atoms with Crippen LogP contribution >= 0.6 is 0 Å². The van der Waals surface area contributed by atoms with Crippen LogP contribution in [0, 0.1) is 5.92 Å². The molecule has 0 bridgehead atoms. The molecule has 1 saturated heterocycles. The molecule has 0 aromatic heterocycles. The Bertz CT molecular complexity index is 871. The maximum absolute atomic E-state index is 13.5. The monoisotopic (exact) mass is 540 g/mol. The van der Waals surface area contributed by atoms with Crippen molar-refractivity contribution in [1.82, 2.24) is 15.5 Å². The highest BCUT2D eigenvalue weighted by Crippen LogP contribution is 2.20. The molecule has 216 valence electrons. The molecular formula is C23H44N10O5. The first-order valence-corrected chi connectivity index (χ1v) is 12.8. The van der Waals surface area contributed by atoms with Gasteiger partial charge in [0, 0.05) is 19.6 Å². The summed E-state index contributed by atoms with van der Waals surface area (Å²) in [5, 5.41) is 14.7. The molecule has 1 aliphatic heterocycles. The van der Waals surface area contributed by atoms with Crippen molar-refractivity contribution in [3.05, 3.63) is 0 Å². The Morgan fingerprint density at radius 3 is 2.05 bits per heavy atom. The molecule has 15 nitrogen and oxygen atoms in total. The summed E-state index contributed by atoms with van der Waals surface area (Å²) in [7, 11) is 0. The number of carboxylic acids is 1. The van der Waals surface area contributed by atoms with Gasteiger partial charge in [-0.2, -0.15) is 0 Å². The van der Waals surface area contributed by atoms with Gasteiger partial charge < -0.3 is 49.3 Å². The number of hydrogen-bond acceptors (Lipinski definition) is 7. The minimum absolute atomic E-state index is 0.0474. The van der Waals surface area contributed by atoms with Gasteiger partial charge in [-0.3, -0.25) is 24.4 Å².